The van der Waals surface area contributed by atoms with Crippen LogP contribution in [0, 0.1) is 19.7 Å². The molecular weight excluding hydrogens is 277 g/mol. The van der Waals surface area contributed by atoms with Gasteiger partial charge in [-0.3, -0.25) is 0 Å². The lowest BCUT2D eigenvalue weighted by molar-refractivity contribution is 0.0694. The van der Waals surface area contributed by atoms with Crippen molar-refractivity contribution in [2.75, 3.05) is 5.73 Å². The quantitative estimate of drug-likeness (QED) is 0.842. The lowest BCUT2D eigenvalue weighted by atomic mass is 10.2. The number of benzene rings is 2. The van der Waals surface area contributed by atoms with Gasteiger partial charge in [0.05, 0.1) is 11.3 Å². The van der Waals surface area contributed by atoms with Crippen molar-refractivity contribution < 1.29 is 14.3 Å². The standard InChI is InChI=1S/C15H14FNO2S/c1-8-3-4-9(2)12(7-8)20-11-6-5-10(16)14(17)13(11)15(18)19/h3-7H,17H2,1-2H3,(H,18,19). The zero-order chi connectivity index (χ0) is 14.9. The van der Waals surface area contributed by atoms with Crippen molar-refractivity contribution in [3.63, 3.8) is 0 Å². The van der Waals surface area contributed by atoms with Gasteiger partial charge in [0, 0.05) is 9.79 Å². The van der Waals surface area contributed by atoms with Gasteiger partial charge in [0.2, 0.25) is 0 Å². The predicted molar refractivity (Wildman–Crippen MR) is 77.8 cm³/mol. The Kier molecular flexibility index (Phi) is 3.99. The van der Waals surface area contributed by atoms with E-state index in [-0.39, 0.29) is 11.3 Å². The van der Waals surface area contributed by atoms with Crippen LogP contribution in [0.4, 0.5) is 10.1 Å². The highest BCUT2D eigenvalue weighted by Crippen LogP contribution is 2.36. The molecule has 0 radical (unpaired) electrons. The molecule has 104 valence electrons. The molecule has 0 aromatic heterocycles. The smallest absolute Gasteiger partial charge is 0.339 e. The topological polar surface area (TPSA) is 63.3 Å². The molecule has 0 amide bonds. The minimum Gasteiger partial charge on any atom is -0.478 e. The van der Waals surface area contributed by atoms with Gasteiger partial charge in [0.25, 0.3) is 0 Å². The van der Waals surface area contributed by atoms with E-state index in [1.807, 2.05) is 32.0 Å². The SMILES string of the molecule is Cc1ccc(C)c(Sc2ccc(F)c(N)c2C(=O)O)c1. The average molecular weight is 291 g/mol. The molecule has 5 heteroatoms. The second kappa shape index (κ2) is 5.54. The van der Waals surface area contributed by atoms with Crippen LogP contribution < -0.4 is 5.73 Å². The molecule has 0 saturated heterocycles. The molecule has 0 spiro atoms. The molecular formula is C15H14FNO2S. The normalized spacial score (nSPS) is 10.6. The Bertz CT molecular complexity index is 686. The first-order chi connectivity index (χ1) is 9.40. The molecule has 2 rings (SSSR count). The summed E-state index contributed by atoms with van der Waals surface area (Å²) in [7, 11) is 0. The van der Waals surface area contributed by atoms with E-state index in [1.165, 1.54) is 23.9 Å². The molecule has 0 saturated carbocycles. The number of anilines is 1. The maximum Gasteiger partial charge on any atom is 0.339 e. The lowest BCUT2D eigenvalue weighted by Gasteiger charge is -2.11. The number of hydrogen-bond donors (Lipinski definition) is 2. The molecule has 20 heavy (non-hydrogen) atoms. The molecule has 2 aromatic rings. The Morgan fingerprint density at radius 2 is 1.90 bits per heavy atom. The Balaban J connectivity index is 2.51. The first-order valence-electron chi connectivity index (χ1n) is 5.96. The fraction of sp³-hybridized carbons (Fsp3) is 0.133. The number of carboxylic acid groups (broad SMARTS) is 1. The Morgan fingerprint density at radius 1 is 1.20 bits per heavy atom. The van der Waals surface area contributed by atoms with E-state index in [0.717, 1.165) is 16.0 Å². The summed E-state index contributed by atoms with van der Waals surface area (Å²) in [6.07, 6.45) is 0. The van der Waals surface area contributed by atoms with Crippen LogP contribution in [-0.4, -0.2) is 11.1 Å². The molecule has 0 aliphatic carbocycles. The highest BCUT2D eigenvalue weighted by molar-refractivity contribution is 7.99. The van der Waals surface area contributed by atoms with Gasteiger partial charge in [-0.1, -0.05) is 23.9 Å². The van der Waals surface area contributed by atoms with E-state index in [1.54, 1.807) is 0 Å². The Hall–Kier alpha value is -2.01. The molecule has 3 N–H and O–H groups in total. The summed E-state index contributed by atoms with van der Waals surface area (Å²) in [6, 6.07) is 8.55. The van der Waals surface area contributed by atoms with Gasteiger partial charge in [-0.25, -0.2) is 9.18 Å². The second-order valence-electron chi connectivity index (χ2n) is 4.51. The van der Waals surface area contributed by atoms with Crippen molar-refractivity contribution in [2.45, 2.75) is 23.6 Å². The summed E-state index contributed by atoms with van der Waals surface area (Å²) >= 11 is 1.28. The van der Waals surface area contributed by atoms with Crippen LogP contribution in [0.5, 0.6) is 0 Å². The first-order valence-corrected chi connectivity index (χ1v) is 6.78. The van der Waals surface area contributed by atoms with Crippen LogP contribution in [0.15, 0.2) is 40.1 Å². The van der Waals surface area contributed by atoms with Crippen LogP contribution in [0.1, 0.15) is 21.5 Å². The summed E-state index contributed by atoms with van der Waals surface area (Å²) < 4.78 is 13.4. The van der Waals surface area contributed by atoms with Gasteiger partial charge in [-0.05, 0) is 43.2 Å². The van der Waals surface area contributed by atoms with Gasteiger partial charge >= 0.3 is 5.97 Å². The third-order valence-corrected chi connectivity index (χ3v) is 4.15. The zero-order valence-electron chi connectivity index (χ0n) is 11.1. The highest BCUT2D eigenvalue weighted by atomic mass is 32.2. The van der Waals surface area contributed by atoms with Crippen molar-refractivity contribution in [1.82, 2.24) is 0 Å². The van der Waals surface area contributed by atoms with Crippen molar-refractivity contribution in [3.8, 4) is 0 Å². The number of hydrogen-bond acceptors (Lipinski definition) is 3. The van der Waals surface area contributed by atoms with E-state index in [2.05, 4.69) is 0 Å². The summed E-state index contributed by atoms with van der Waals surface area (Å²) in [5.41, 5.74) is 7.13. The van der Waals surface area contributed by atoms with Crippen molar-refractivity contribution in [2.24, 2.45) is 0 Å². The first kappa shape index (κ1) is 14.4. The number of aromatic carboxylic acids is 1. The van der Waals surface area contributed by atoms with E-state index in [4.69, 9.17) is 5.73 Å². The summed E-state index contributed by atoms with van der Waals surface area (Å²) in [5.74, 6) is -1.94. The lowest BCUT2D eigenvalue weighted by Crippen LogP contribution is -2.06. The molecule has 0 aliphatic rings. The number of carbonyl (C=O) groups is 1. The fourth-order valence-corrected chi connectivity index (χ4v) is 2.96. The number of halogens is 1. The molecule has 0 bridgehead atoms. The fourth-order valence-electron chi connectivity index (χ4n) is 1.82. The third kappa shape index (κ3) is 2.77. The third-order valence-electron chi connectivity index (χ3n) is 2.93. The molecule has 3 nitrogen and oxygen atoms in total. The molecule has 0 aliphatic heterocycles. The molecule has 0 fully saturated rings. The number of aryl methyl sites for hydroxylation is 2. The summed E-state index contributed by atoms with van der Waals surface area (Å²) in [6.45, 7) is 3.90. The summed E-state index contributed by atoms with van der Waals surface area (Å²) in [5, 5.41) is 9.21. The van der Waals surface area contributed by atoms with Crippen molar-refractivity contribution >= 4 is 23.4 Å². The summed E-state index contributed by atoms with van der Waals surface area (Å²) in [4.78, 5) is 12.6. The van der Waals surface area contributed by atoms with Gasteiger partial charge in [0.1, 0.15) is 5.82 Å². The van der Waals surface area contributed by atoms with Gasteiger partial charge in [-0.15, -0.1) is 0 Å². The number of rotatable bonds is 3. The molecule has 0 unspecified atom stereocenters. The number of nitrogens with two attached hydrogens (primary N) is 1. The Morgan fingerprint density at radius 3 is 2.55 bits per heavy atom. The maximum atomic E-state index is 13.4. The number of nitrogen functional groups attached to an aromatic ring is 1. The zero-order valence-corrected chi connectivity index (χ0v) is 11.9. The molecule has 0 atom stereocenters. The second-order valence-corrected chi connectivity index (χ2v) is 5.59. The number of carboxylic acids is 1. The highest BCUT2D eigenvalue weighted by Gasteiger charge is 2.18. The van der Waals surface area contributed by atoms with Crippen LogP contribution in [0.25, 0.3) is 0 Å². The van der Waals surface area contributed by atoms with E-state index in [9.17, 15) is 14.3 Å². The van der Waals surface area contributed by atoms with Crippen LogP contribution in [0.3, 0.4) is 0 Å². The Labute approximate surface area is 120 Å². The predicted octanol–water partition coefficient (Wildman–Crippen LogP) is 3.87. The maximum absolute atomic E-state index is 13.4. The van der Waals surface area contributed by atoms with E-state index >= 15 is 0 Å². The monoisotopic (exact) mass is 291 g/mol. The van der Waals surface area contributed by atoms with Gasteiger partial charge < -0.3 is 10.8 Å². The van der Waals surface area contributed by atoms with Gasteiger partial charge in [-0.2, -0.15) is 0 Å². The largest absolute Gasteiger partial charge is 0.478 e. The minimum atomic E-state index is -1.23. The average Bonchev–Trinajstić information content (AvgIpc) is 2.38. The van der Waals surface area contributed by atoms with Crippen LogP contribution >= 0.6 is 11.8 Å². The van der Waals surface area contributed by atoms with Crippen molar-refractivity contribution in [1.29, 1.82) is 0 Å². The van der Waals surface area contributed by atoms with E-state index in [0.29, 0.717) is 4.90 Å². The van der Waals surface area contributed by atoms with E-state index < -0.39 is 11.8 Å². The van der Waals surface area contributed by atoms with Crippen molar-refractivity contribution in [3.05, 3.63) is 52.8 Å². The van der Waals surface area contributed by atoms with Crippen LogP contribution in [0.2, 0.25) is 0 Å². The molecule has 2 aromatic carbocycles. The van der Waals surface area contributed by atoms with Gasteiger partial charge in [0.15, 0.2) is 0 Å². The minimum absolute atomic E-state index is 0.184. The molecule has 0 heterocycles. The van der Waals surface area contributed by atoms with Crippen LogP contribution in [-0.2, 0) is 0 Å².